The molecule has 0 aliphatic heterocycles. The molecule has 33 heavy (non-hydrogen) atoms. The lowest BCUT2D eigenvalue weighted by Gasteiger charge is -2.43. The Morgan fingerprint density at radius 2 is 1.45 bits per heavy atom. The largest absolute Gasteiger partial charge is 0.508 e. The molecule has 2 aliphatic carbocycles. The molecule has 0 bridgehead atoms. The van der Waals surface area contributed by atoms with Crippen molar-refractivity contribution in [3.05, 3.63) is 35.4 Å². The van der Waals surface area contributed by atoms with E-state index in [1.807, 2.05) is 0 Å². The van der Waals surface area contributed by atoms with Gasteiger partial charge in [-0.2, -0.15) is 0 Å². The van der Waals surface area contributed by atoms with Gasteiger partial charge in [0.1, 0.15) is 5.60 Å². The van der Waals surface area contributed by atoms with Crippen molar-refractivity contribution < 1.29 is 14.3 Å². The second kappa shape index (κ2) is 13.4. The number of hydrogen-bond donors (Lipinski definition) is 0. The normalized spacial score (nSPS) is 27.8. The predicted octanol–water partition coefficient (Wildman–Crippen LogP) is 8.99. The Balaban J connectivity index is 1.46. The molecule has 3 nitrogen and oxygen atoms in total. The van der Waals surface area contributed by atoms with Crippen LogP contribution in [0.4, 0.5) is 4.79 Å². The van der Waals surface area contributed by atoms with Gasteiger partial charge in [-0.1, -0.05) is 63.8 Å². The molecule has 1 aromatic rings. The summed E-state index contributed by atoms with van der Waals surface area (Å²) in [7, 11) is 1.42. The Morgan fingerprint density at radius 1 is 0.848 bits per heavy atom. The molecule has 0 heterocycles. The number of aryl methyl sites for hydroxylation is 1. The average molecular weight is 457 g/mol. The smallest absolute Gasteiger partial charge is 0.438 e. The maximum absolute atomic E-state index is 11.9. The van der Waals surface area contributed by atoms with Gasteiger partial charge in [0.05, 0.1) is 7.11 Å². The van der Waals surface area contributed by atoms with Gasteiger partial charge >= 0.3 is 6.16 Å². The number of carbonyl (C=O) groups excluding carboxylic acids is 1. The van der Waals surface area contributed by atoms with Crippen LogP contribution in [-0.4, -0.2) is 18.9 Å². The Kier molecular flexibility index (Phi) is 10.6. The van der Waals surface area contributed by atoms with E-state index in [9.17, 15) is 4.79 Å². The van der Waals surface area contributed by atoms with E-state index in [0.29, 0.717) is 0 Å². The topological polar surface area (TPSA) is 35.5 Å². The highest BCUT2D eigenvalue weighted by molar-refractivity contribution is 5.60. The van der Waals surface area contributed by atoms with Gasteiger partial charge in [0, 0.05) is 0 Å². The molecule has 0 amide bonds. The minimum Gasteiger partial charge on any atom is -0.438 e. The summed E-state index contributed by atoms with van der Waals surface area (Å²) in [5.41, 5.74) is 2.77. The van der Waals surface area contributed by atoms with Crippen LogP contribution in [0.15, 0.2) is 24.3 Å². The molecule has 1 aromatic carbocycles. The van der Waals surface area contributed by atoms with Gasteiger partial charge in [-0.3, -0.25) is 0 Å². The van der Waals surface area contributed by atoms with Crippen molar-refractivity contribution >= 4 is 6.16 Å². The molecule has 0 saturated heterocycles. The Morgan fingerprint density at radius 3 is 2.06 bits per heavy atom. The van der Waals surface area contributed by atoms with Crippen molar-refractivity contribution in [3.63, 3.8) is 0 Å². The van der Waals surface area contributed by atoms with Gasteiger partial charge in [0.2, 0.25) is 0 Å². The van der Waals surface area contributed by atoms with E-state index in [2.05, 4.69) is 38.1 Å². The molecule has 2 fully saturated rings. The van der Waals surface area contributed by atoms with Gasteiger partial charge in [-0.25, -0.2) is 4.79 Å². The summed E-state index contributed by atoms with van der Waals surface area (Å²) >= 11 is 0. The third-order valence-corrected chi connectivity index (χ3v) is 8.60. The molecule has 0 N–H and O–H groups in total. The molecule has 186 valence electrons. The number of carbonyl (C=O) groups is 1. The van der Waals surface area contributed by atoms with E-state index in [1.165, 1.54) is 89.7 Å². The number of methoxy groups -OCH3 is 1. The first-order chi connectivity index (χ1) is 16.1. The molecule has 0 spiro atoms. The first-order valence-corrected chi connectivity index (χ1v) is 13.9. The van der Waals surface area contributed by atoms with Crippen LogP contribution < -0.4 is 0 Å². The number of ether oxygens (including phenoxy) is 2. The second-order valence-corrected chi connectivity index (χ2v) is 10.8. The molecule has 3 rings (SSSR count). The van der Waals surface area contributed by atoms with E-state index in [1.54, 1.807) is 5.56 Å². The minimum atomic E-state index is -0.498. The minimum absolute atomic E-state index is 0.283. The van der Waals surface area contributed by atoms with Gasteiger partial charge < -0.3 is 9.47 Å². The van der Waals surface area contributed by atoms with Crippen molar-refractivity contribution in [2.45, 2.75) is 128 Å². The highest BCUT2D eigenvalue weighted by atomic mass is 16.7. The molecule has 2 aliphatic rings. The number of hydrogen-bond acceptors (Lipinski definition) is 3. The van der Waals surface area contributed by atoms with Crippen LogP contribution in [0.2, 0.25) is 0 Å². The zero-order valence-electron chi connectivity index (χ0n) is 21.6. The summed E-state index contributed by atoms with van der Waals surface area (Å²) in [4.78, 5) is 11.9. The van der Waals surface area contributed by atoms with Gasteiger partial charge in [-0.05, 0) is 106 Å². The van der Waals surface area contributed by atoms with Crippen LogP contribution >= 0.6 is 0 Å². The molecule has 2 saturated carbocycles. The quantitative estimate of drug-likeness (QED) is 0.246. The third kappa shape index (κ3) is 7.76. The highest BCUT2D eigenvalue weighted by Crippen LogP contribution is 2.47. The Labute approximate surface area is 203 Å². The fourth-order valence-corrected chi connectivity index (χ4v) is 6.42. The van der Waals surface area contributed by atoms with Crippen molar-refractivity contribution in [1.29, 1.82) is 0 Å². The molecular formula is C30H48O3. The van der Waals surface area contributed by atoms with Gasteiger partial charge in [-0.15, -0.1) is 0 Å². The van der Waals surface area contributed by atoms with Crippen LogP contribution in [0, 0.1) is 11.8 Å². The standard InChI is InChI=1S/C30H48O3/c1-4-6-8-10-24-11-13-25(14-12-24)26-15-17-27(18-16-26)28-19-22-30(23-20-28,21-9-7-5-2)33-29(31)32-3/h11-14,26-28H,4-10,15-23H2,1-3H3. The number of benzene rings is 1. The van der Waals surface area contributed by atoms with Crippen molar-refractivity contribution in [3.8, 4) is 0 Å². The van der Waals surface area contributed by atoms with Gasteiger partial charge in [0.15, 0.2) is 0 Å². The van der Waals surface area contributed by atoms with Crippen molar-refractivity contribution in [2.24, 2.45) is 11.8 Å². The van der Waals surface area contributed by atoms with E-state index < -0.39 is 6.16 Å². The highest BCUT2D eigenvalue weighted by Gasteiger charge is 2.41. The molecular weight excluding hydrogens is 408 g/mol. The molecule has 0 radical (unpaired) electrons. The van der Waals surface area contributed by atoms with Crippen LogP contribution in [0.5, 0.6) is 0 Å². The fourth-order valence-electron chi connectivity index (χ4n) is 6.42. The summed E-state index contributed by atoms with van der Waals surface area (Å²) in [6.07, 6.45) is 19.0. The zero-order valence-corrected chi connectivity index (χ0v) is 21.6. The van der Waals surface area contributed by atoms with Crippen LogP contribution in [0.25, 0.3) is 0 Å². The van der Waals surface area contributed by atoms with Crippen LogP contribution in [0.1, 0.15) is 127 Å². The first-order valence-electron chi connectivity index (χ1n) is 13.9. The zero-order chi connectivity index (χ0) is 23.5. The predicted molar refractivity (Wildman–Crippen MR) is 137 cm³/mol. The summed E-state index contributed by atoms with van der Waals surface area (Å²) in [6.45, 7) is 4.50. The second-order valence-electron chi connectivity index (χ2n) is 10.8. The average Bonchev–Trinajstić information content (AvgIpc) is 2.85. The summed E-state index contributed by atoms with van der Waals surface area (Å²) < 4.78 is 10.7. The monoisotopic (exact) mass is 456 g/mol. The maximum atomic E-state index is 11.9. The lowest BCUT2D eigenvalue weighted by molar-refractivity contribution is -0.0674. The summed E-state index contributed by atoms with van der Waals surface area (Å²) in [5.74, 6) is 2.39. The van der Waals surface area contributed by atoms with E-state index in [-0.39, 0.29) is 5.60 Å². The summed E-state index contributed by atoms with van der Waals surface area (Å²) in [6, 6.07) is 9.55. The lowest BCUT2D eigenvalue weighted by atomic mass is 9.66. The molecule has 0 aromatic heterocycles. The Hall–Kier alpha value is -1.51. The Bertz CT molecular complexity index is 679. The van der Waals surface area contributed by atoms with Crippen LogP contribution in [-0.2, 0) is 15.9 Å². The molecule has 0 unspecified atom stereocenters. The van der Waals surface area contributed by atoms with Crippen molar-refractivity contribution in [1.82, 2.24) is 0 Å². The van der Waals surface area contributed by atoms with E-state index >= 15 is 0 Å². The maximum Gasteiger partial charge on any atom is 0.508 e. The van der Waals surface area contributed by atoms with Crippen molar-refractivity contribution in [2.75, 3.05) is 7.11 Å². The number of rotatable bonds is 11. The molecule has 3 heteroatoms. The van der Waals surface area contributed by atoms with E-state index in [0.717, 1.165) is 43.4 Å². The number of unbranched alkanes of at least 4 members (excludes halogenated alkanes) is 4. The fraction of sp³-hybridized carbons (Fsp3) is 0.767. The first kappa shape index (κ1) is 26.1. The third-order valence-electron chi connectivity index (χ3n) is 8.60. The lowest BCUT2D eigenvalue weighted by Crippen LogP contribution is -2.40. The molecule has 0 atom stereocenters. The SMILES string of the molecule is CCCCCc1ccc(C2CCC(C3CCC(CCCCC)(OC(=O)OC)CC3)CC2)cc1. The van der Waals surface area contributed by atoms with Crippen LogP contribution in [0.3, 0.4) is 0 Å². The van der Waals surface area contributed by atoms with E-state index in [4.69, 9.17) is 9.47 Å². The van der Waals surface area contributed by atoms with Gasteiger partial charge in [0.25, 0.3) is 0 Å². The summed E-state index contributed by atoms with van der Waals surface area (Å²) in [5, 5.41) is 0.